The smallest absolute Gasteiger partial charge is 0.412 e. The van der Waals surface area contributed by atoms with Crippen LogP contribution in [0.2, 0.25) is 0 Å². The third-order valence-electron chi connectivity index (χ3n) is 3.89. The average molecular weight is 454 g/mol. The average Bonchev–Trinajstić information content (AvgIpc) is 2.64. The van der Waals surface area contributed by atoms with Gasteiger partial charge in [0.1, 0.15) is 11.3 Å². The number of ether oxygens (including phenoxy) is 2. The predicted octanol–water partition coefficient (Wildman–Crippen LogP) is 2.30. The molecule has 2 atom stereocenters. The van der Waals surface area contributed by atoms with Gasteiger partial charge in [0.15, 0.2) is 5.96 Å². The van der Waals surface area contributed by atoms with Crippen molar-refractivity contribution in [1.82, 2.24) is 15.5 Å². The summed E-state index contributed by atoms with van der Waals surface area (Å²) in [5.41, 5.74) is -1.23. The number of rotatable bonds is 2. The van der Waals surface area contributed by atoms with E-state index >= 15 is 0 Å². The van der Waals surface area contributed by atoms with E-state index in [0.717, 1.165) is 25.5 Å². The zero-order valence-corrected chi connectivity index (χ0v) is 17.8. The number of carbonyl (C=O) groups is 1. The first kappa shape index (κ1) is 21.3. The quantitative estimate of drug-likeness (QED) is 0.627. The first-order valence-electron chi connectivity index (χ1n) is 8.32. The highest BCUT2D eigenvalue weighted by atomic mass is 127. The van der Waals surface area contributed by atoms with Crippen molar-refractivity contribution in [1.29, 1.82) is 0 Å². The molecule has 1 saturated heterocycles. The molecule has 0 bridgehead atoms. The topological polar surface area (TPSA) is 75.2 Å². The van der Waals surface area contributed by atoms with E-state index in [4.69, 9.17) is 9.47 Å². The lowest BCUT2D eigenvalue weighted by molar-refractivity contribution is -0.0755. The number of hydrogen-bond acceptors (Lipinski definition) is 6. The van der Waals surface area contributed by atoms with Gasteiger partial charge in [0.2, 0.25) is 0 Å². The molecule has 0 saturated carbocycles. The summed E-state index contributed by atoms with van der Waals surface area (Å²) in [6.45, 7) is 13.7. The number of amides is 1. The van der Waals surface area contributed by atoms with Gasteiger partial charge in [0.25, 0.3) is 0 Å². The van der Waals surface area contributed by atoms with Crippen LogP contribution in [0.3, 0.4) is 0 Å². The molecule has 0 aromatic heterocycles. The molecule has 24 heavy (non-hydrogen) atoms. The van der Waals surface area contributed by atoms with E-state index in [1.165, 1.54) is 0 Å². The van der Waals surface area contributed by atoms with Gasteiger partial charge in [0, 0.05) is 19.6 Å². The molecule has 0 aliphatic carbocycles. The minimum Gasteiger partial charge on any atom is -0.444 e. The van der Waals surface area contributed by atoms with Gasteiger partial charge < -0.3 is 20.1 Å². The van der Waals surface area contributed by atoms with Gasteiger partial charge in [0.05, 0.1) is 12.1 Å². The second-order valence-electron chi connectivity index (χ2n) is 7.58. The van der Waals surface area contributed by atoms with Gasteiger partial charge >= 0.3 is 6.09 Å². The summed E-state index contributed by atoms with van der Waals surface area (Å²) in [4.78, 5) is 18.7. The zero-order chi connectivity index (χ0) is 17.3. The van der Waals surface area contributed by atoms with E-state index in [9.17, 15) is 4.79 Å². The van der Waals surface area contributed by atoms with Crippen molar-refractivity contribution in [2.45, 2.75) is 71.4 Å². The Bertz CT molecular complexity index is 476. The molecular formula is C16H31IN4O3. The summed E-state index contributed by atoms with van der Waals surface area (Å²) in [6.07, 6.45) is 0.608. The molecule has 1 amide bonds. The van der Waals surface area contributed by atoms with E-state index in [2.05, 4.69) is 15.6 Å². The van der Waals surface area contributed by atoms with Gasteiger partial charge in [-0.05, 0) is 48.0 Å². The maximum absolute atomic E-state index is 12.6. The van der Waals surface area contributed by atoms with Crippen LogP contribution in [-0.4, -0.2) is 60.1 Å². The Kier molecular flexibility index (Phi) is 7.16. The van der Waals surface area contributed by atoms with Gasteiger partial charge in [-0.15, -0.1) is 24.0 Å². The fourth-order valence-corrected chi connectivity index (χ4v) is 2.98. The molecule has 2 heterocycles. The molecule has 0 spiro atoms. The molecule has 0 aromatic carbocycles. The first-order chi connectivity index (χ1) is 10.6. The van der Waals surface area contributed by atoms with Crippen molar-refractivity contribution >= 4 is 36.0 Å². The maximum Gasteiger partial charge on any atom is 0.412 e. The molecule has 2 unspecified atom stereocenters. The molecule has 140 valence electrons. The third kappa shape index (κ3) is 5.37. The highest BCUT2D eigenvalue weighted by molar-refractivity contribution is 14.0. The first-order valence-corrected chi connectivity index (χ1v) is 8.32. The Labute approximate surface area is 161 Å². The molecule has 2 rings (SSSR count). The van der Waals surface area contributed by atoms with Gasteiger partial charge in [-0.3, -0.25) is 9.89 Å². The van der Waals surface area contributed by atoms with Crippen molar-refractivity contribution < 1.29 is 14.3 Å². The number of aliphatic imine (C=N–C) groups is 1. The van der Waals surface area contributed by atoms with Crippen molar-refractivity contribution in [3.63, 3.8) is 0 Å². The van der Waals surface area contributed by atoms with Gasteiger partial charge in [-0.1, -0.05) is 0 Å². The van der Waals surface area contributed by atoms with E-state index in [-0.39, 0.29) is 42.2 Å². The molecule has 2 aliphatic heterocycles. The molecule has 1 fully saturated rings. The minimum atomic E-state index is -0.699. The lowest BCUT2D eigenvalue weighted by Gasteiger charge is -2.35. The molecule has 0 radical (unpaired) electrons. The standard InChI is InChI=1S/C16H30N4O3.HI/c1-11-12(10-19-13-17-8-7-9-18-13)20(16(5,6)22-11)14(21)23-15(2,3)4;/h11-12H,7-10H2,1-6H3,(H2,17,18,19);1H. The van der Waals surface area contributed by atoms with E-state index in [1.54, 1.807) is 4.90 Å². The van der Waals surface area contributed by atoms with Gasteiger partial charge in [-0.2, -0.15) is 0 Å². The Morgan fingerprint density at radius 2 is 2.17 bits per heavy atom. The molecule has 8 heteroatoms. The lowest BCUT2D eigenvalue weighted by atomic mass is 10.1. The fraction of sp³-hybridized carbons (Fsp3) is 0.875. The Morgan fingerprint density at radius 3 is 2.71 bits per heavy atom. The monoisotopic (exact) mass is 454 g/mol. The Balaban J connectivity index is 0.00000288. The Morgan fingerprint density at radius 1 is 1.50 bits per heavy atom. The maximum atomic E-state index is 12.6. The van der Waals surface area contributed by atoms with Crippen molar-refractivity contribution in [3.05, 3.63) is 0 Å². The summed E-state index contributed by atoms with van der Waals surface area (Å²) in [7, 11) is 0. The molecule has 0 aromatic rings. The third-order valence-corrected chi connectivity index (χ3v) is 3.89. The van der Waals surface area contributed by atoms with E-state index < -0.39 is 11.3 Å². The fourth-order valence-electron chi connectivity index (χ4n) is 2.98. The van der Waals surface area contributed by atoms with Crippen LogP contribution in [0.15, 0.2) is 4.99 Å². The second-order valence-corrected chi connectivity index (χ2v) is 7.58. The number of halogens is 1. The highest BCUT2D eigenvalue weighted by Gasteiger charge is 2.49. The normalized spacial score (nSPS) is 26.1. The van der Waals surface area contributed by atoms with Crippen LogP contribution >= 0.6 is 24.0 Å². The number of nitrogens with one attached hydrogen (secondary N) is 2. The van der Waals surface area contributed by atoms with E-state index in [1.807, 2.05) is 41.5 Å². The summed E-state index contributed by atoms with van der Waals surface area (Å²) in [5, 5.41) is 6.51. The zero-order valence-electron chi connectivity index (χ0n) is 15.5. The van der Waals surface area contributed by atoms with Crippen LogP contribution < -0.4 is 10.6 Å². The largest absolute Gasteiger partial charge is 0.444 e. The minimum absolute atomic E-state index is 0. The van der Waals surface area contributed by atoms with E-state index in [0.29, 0.717) is 6.54 Å². The summed E-state index contributed by atoms with van der Waals surface area (Å²) >= 11 is 0. The lowest BCUT2D eigenvalue weighted by Crippen LogP contribution is -2.54. The van der Waals surface area contributed by atoms with Crippen LogP contribution in [-0.2, 0) is 9.47 Å². The van der Waals surface area contributed by atoms with Crippen molar-refractivity contribution in [2.24, 2.45) is 4.99 Å². The van der Waals surface area contributed by atoms with Gasteiger partial charge in [-0.25, -0.2) is 4.79 Å². The molecular weight excluding hydrogens is 423 g/mol. The number of nitrogens with zero attached hydrogens (tertiary/aromatic N) is 2. The highest BCUT2D eigenvalue weighted by Crippen LogP contribution is 2.33. The second kappa shape index (κ2) is 8.07. The van der Waals surface area contributed by atoms with Crippen LogP contribution in [0.5, 0.6) is 0 Å². The van der Waals surface area contributed by atoms with Crippen LogP contribution in [0, 0.1) is 0 Å². The number of carbonyl (C=O) groups excluding carboxylic acids is 1. The predicted molar refractivity (Wildman–Crippen MR) is 105 cm³/mol. The molecule has 2 N–H and O–H groups in total. The van der Waals surface area contributed by atoms with Crippen molar-refractivity contribution in [3.8, 4) is 0 Å². The summed E-state index contributed by atoms with van der Waals surface area (Å²) in [6, 6.07) is -0.119. The summed E-state index contributed by atoms with van der Waals surface area (Å²) < 4.78 is 11.5. The van der Waals surface area contributed by atoms with Crippen LogP contribution in [0.25, 0.3) is 0 Å². The van der Waals surface area contributed by atoms with Crippen molar-refractivity contribution in [2.75, 3.05) is 19.6 Å². The Hall–Kier alpha value is -0.770. The molecule has 2 aliphatic rings. The SMILES string of the molecule is CC1OC(C)(C)N(C(=O)OC(C)(C)C)C1CNC1=NCCCN1.I. The molecule has 7 nitrogen and oxygen atoms in total. The summed E-state index contributed by atoms with van der Waals surface area (Å²) in [5.74, 6) is 0.789. The number of guanidine groups is 1. The van der Waals surface area contributed by atoms with Crippen LogP contribution in [0.1, 0.15) is 48.0 Å². The van der Waals surface area contributed by atoms with Crippen LogP contribution in [0.4, 0.5) is 4.79 Å². The number of hydrogen-bond donors (Lipinski definition) is 2.